The molecule has 0 amide bonds. The van der Waals surface area contributed by atoms with Gasteiger partial charge in [0.1, 0.15) is 0 Å². The molecule has 0 aromatic heterocycles. The Morgan fingerprint density at radius 1 is 1.36 bits per heavy atom. The van der Waals surface area contributed by atoms with E-state index in [0.29, 0.717) is 6.04 Å². The van der Waals surface area contributed by atoms with Crippen molar-refractivity contribution in [1.29, 1.82) is 0 Å². The van der Waals surface area contributed by atoms with Gasteiger partial charge in [0.25, 0.3) is 0 Å². The second-order valence-electron chi connectivity index (χ2n) is 4.17. The lowest BCUT2D eigenvalue weighted by atomic mass is 10.1. The molecule has 0 radical (unpaired) electrons. The summed E-state index contributed by atoms with van der Waals surface area (Å²) >= 11 is 0. The van der Waals surface area contributed by atoms with Gasteiger partial charge in [0.05, 0.1) is 0 Å². The summed E-state index contributed by atoms with van der Waals surface area (Å²) in [6, 6.07) is 0.703. The first kappa shape index (κ1) is 12.2. The van der Waals surface area contributed by atoms with Gasteiger partial charge in [0, 0.05) is 34.9 Å². The van der Waals surface area contributed by atoms with Gasteiger partial charge in [0.2, 0.25) is 0 Å². The maximum atomic E-state index is 11.2. The highest BCUT2D eigenvalue weighted by Gasteiger charge is 2.22. The lowest BCUT2D eigenvalue weighted by Crippen LogP contribution is -2.30. The summed E-state index contributed by atoms with van der Waals surface area (Å²) in [6.45, 7) is 5.19. The van der Waals surface area contributed by atoms with Gasteiger partial charge in [-0.2, -0.15) is 0 Å². The Bertz CT molecular complexity index is 184. The molecule has 2 nitrogen and oxygen atoms in total. The maximum absolute atomic E-state index is 11.2. The largest absolute Gasteiger partial charge is 0.313 e. The first-order valence-electron chi connectivity index (χ1n) is 5.84. The third-order valence-electron chi connectivity index (χ3n) is 3.20. The molecule has 0 saturated heterocycles. The lowest BCUT2D eigenvalue weighted by Gasteiger charge is -2.12. The van der Waals surface area contributed by atoms with Crippen LogP contribution in [0.25, 0.3) is 0 Å². The Morgan fingerprint density at radius 3 is 2.71 bits per heavy atom. The predicted molar refractivity (Wildman–Crippen MR) is 63.0 cm³/mol. The van der Waals surface area contributed by atoms with Crippen molar-refractivity contribution in [3.63, 3.8) is 0 Å². The van der Waals surface area contributed by atoms with Crippen molar-refractivity contribution >= 4 is 10.8 Å². The number of rotatable bonds is 6. The molecule has 1 saturated carbocycles. The summed E-state index contributed by atoms with van der Waals surface area (Å²) < 4.78 is 11.2. The van der Waals surface area contributed by atoms with Crippen LogP contribution in [0.15, 0.2) is 0 Å². The number of hydrogen-bond acceptors (Lipinski definition) is 2. The van der Waals surface area contributed by atoms with Crippen LogP contribution >= 0.6 is 0 Å². The summed E-state index contributed by atoms with van der Waals surface area (Å²) in [6.07, 6.45) is 5.34. The quantitative estimate of drug-likeness (QED) is 0.736. The highest BCUT2D eigenvalue weighted by atomic mass is 32.2. The van der Waals surface area contributed by atoms with Crippen molar-refractivity contribution in [1.82, 2.24) is 5.32 Å². The molecule has 0 aliphatic heterocycles. The molecule has 0 aromatic rings. The molecule has 1 aliphatic carbocycles. The van der Waals surface area contributed by atoms with Gasteiger partial charge in [-0.15, -0.1) is 0 Å². The van der Waals surface area contributed by atoms with Crippen LogP contribution in [0.3, 0.4) is 0 Å². The Labute approximate surface area is 90.3 Å². The van der Waals surface area contributed by atoms with E-state index in [2.05, 4.69) is 12.2 Å². The molecule has 3 heteroatoms. The van der Waals surface area contributed by atoms with Crippen molar-refractivity contribution < 1.29 is 4.21 Å². The number of nitrogens with one attached hydrogen (secondary N) is 1. The molecule has 0 spiro atoms. The smallest absolute Gasteiger partial charge is 0.0360 e. The molecule has 14 heavy (non-hydrogen) atoms. The molecule has 3 unspecified atom stereocenters. The van der Waals surface area contributed by atoms with Crippen LogP contribution in [0.1, 0.15) is 39.5 Å². The van der Waals surface area contributed by atoms with Gasteiger partial charge in [0.15, 0.2) is 0 Å². The van der Waals surface area contributed by atoms with Crippen molar-refractivity contribution in [2.45, 2.75) is 45.6 Å². The van der Waals surface area contributed by atoms with E-state index in [0.717, 1.165) is 24.0 Å². The fraction of sp³-hybridized carbons (Fsp3) is 1.00. The molecule has 84 valence electrons. The van der Waals surface area contributed by atoms with Crippen LogP contribution in [-0.2, 0) is 10.8 Å². The normalized spacial score (nSPS) is 29.3. The Kier molecular flexibility index (Phi) is 5.71. The molecular weight excluding hydrogens is 194 g/mol. The fourth-order valence-electron chi connectivity index (χ4n) is 2.15. The van der Waals surface area contributed by atoms with E-state index >= 15 is 0 Å². The molecule has 0 aromatic carbocycles. The van der Waals surface area contributed by atoms with Gasteiger partial charge in [-0.3, -0.25) is 4.21 Å². The van der Waals surface area contributed by atoms with Crippen LogP contribution in [0.5, 0.6) is 0 Å². The molecule has 3 atom stereocenters. The van der Waals surface area contributed by atoms with Crippen LogP contribution in [0, 0.1) is 5.92 Å². The zero-order chi connectivity index (χ0) is 10.4. The minimum absolute atomic E-state index is 0.600. The van der Waals surface area contributed by atoms with Crippen LogP contribution in [-0.4, -0.2) is 28.3 Å². The van der Waals surface area contributed by atoms with E-state index in [1.54, 1.807) is 0 Å². The number of hydrogen-bond donors (Lipinski definition) is 1. The SMILES string of the molecule is CCC1CCC(NCCS(=O)CC)C1. The van der Waals surface area contributed by atoms with E-state index < -0.39 is 10.8 Å². The Hall–Kier alpha value is 0.110. The second kappa shape index (κ2) is 6.57. The van der Waals surface area contributed by atoms with E-state index in [4.69, 9.17) is 0 Å². The highest BCUT2D eigenvalue weighted by Crippen LogP contribution is 2.27. The third-order valence-corrected chi connectivity index (χ3v) is 4.51. The van der Waals surface area contributed by atoms with Gasteiger partial charge in [-0.05, 0) is 25.2 Å². The molecule has 1 rings (SSSR count). The van der Waals surface area contributed by atoms with Gasteiger partial charge >= 0.3 is 0 Å². The van der Waals surface area contributed by atoms with Crippen molar-refractivity contribution in [3.05, 3.63) is 0 Å². The monoisotopic (exact) mass is 217 g/mol. The van der Waals surface area contributed by atoms with Crippen molar-refractivity contribution in [3.8, 4) is 0 Å². The lowest BCUT2D eigenvalue weighted by molar-refractivity contribution is 0.486. The topological polar surface area (TPSA) is 29.1 Å². The Balaban J connectivity index is 2.05. The molecule has 1 aliphatic rings. The summed E-state index contributed by atoms with van der Waals surface area (Å²) in [4.78, 5) is 0. The molecule has 0 heterocycles. The molecule has 0 bridgehead atoms. The minimum atomic E-state index is -0.600. The maximum Gasteiger partial charge on any atom is 0.0360 e. The Morgan fingerprint density at radius 2 is 2.14 bits per heavy atom. The third kappa shape index (κ3) is 4.09. The minimum Gasteiger partial charge on any atom is -0.313 e. The van der Waals surface area contributed by atoms with E-state index in [1.165, 1.54) is 25.7 Å². The van der Waals surface area contributed by atoms with Crippen LogP contribution in [0.4, 0.5) is 0 Å². The predicted octanol–water partition coefficient (Wildman–Crippen LogP) is 1.92. The summed E-state index contributed by atoms with van der Waals surface area (Å²) in [5.41, 5.74) is 0. The summed E-state index contributed by atoms with van der Waals surface area (Å²) in [7, 11) is -0.600. The van der Waals surface area contributed by atoms with Gasteiger partial charge in [-0.1, -0.05) is 20.3 Å². The van der Waals surface area contributed by atoms with Gasteiger partial charge in [-0.25, -0.2) is 0 Å². The molecule has 1 N–H and O–H groups in total. The second-order valence-corrected chi connectivity index (χ2v) is 6.04. The fourth-order valence-corrected chi connectivity index (χ4v) is 2.79. The zero-order valence-corrected chi connectivity index (χ0v) is 10.2. The van der Waals surface area contributed by atoms with Crippen LogP contribution in [0.2, 0.25) is 0 Å². The van der Waals surface area contributed by atoms with Gasteiger partial charge < -0.3 is 5.32 Å². The first-order chi connectivity index (χ1) is 6.76. The van der Waals surface area contributed by atoms with Crippen LogP contribution < -0.4 is 5.32 Å². The zero-order valence-electron chi connectivity index (χ0n) is 9.42. The summed E-state index contributed by atoms with van der Waals surface area (Å²) in [5, 5.41) is 3.52. The first-order valence-corrected chi connectivity index (χ1v) is 7.33. The van der Waals surface area contributed by atoms with E-state index in [9.17, 15) is 4.21 Å². The van der Waals surface area contributed by atoms with Crippen molar-refractivity contribution in [2.75, 3.05) is 18.1 Å². The van der Waals surface area contributed by atoms with Crippen molar-refractivity contribution in [2.24, 2.45) is 5.92 Å². The standard InChI is InChI=1S/C11H23NOS/c1-3-10-5-6-11(9-10)12-7-8-14(13)4-2/h10-12H,3-9H2,1-2H3. The molecule has 1 fully saturated rings. The van der Waals surface area contributed by atoms with E-state index in [-0.39, 0.29) is 0 Å². The van der Waals surface area contributed by atoms with E-state index in [1.807, 2.05) is 6.92 Å². The average molecular weight is 217 g/mol. The highest BCUT2D eigenvalue weighted by molar-refractivity contribution is 7.84. The average Bonchev–Trinajstić information content (AvgIpc) is 2.65. The molecular formula is C11H23NOS. The summed E-state index contributed by atoms with van der Waals surface area (Å²) in [5.74, 6) is 2.55.